The Hall–Kier alpha value is -0.830. The number of halogens is 1. The first-order valence-electron chi connectivity index (χ1n) is 5.88. The average molecular weight is 365 g/mol. The zero-order valence-corrected chi connectivity index (χ0v) is 12.9. The third-order valence-electron chi connectivity index (χ3n) is 2.87. The monoisotopic (exact) mass is 365 g/mol. The number of nitrogens with zero attached hydrogens (tertiary/aromatic N) is 4. The van der Waals surface area contributed by atoms with Crippen molar-refractivity contribution in [3.63, 3.8) is 0 Å². The second-order valence-electron chi connectivity index (χ2n) is 4.01. The molecule has 2 rings (SSSR count). The molecule has 18 heavy (non-hydrogen) atoms. The smallest absolute Gasteiger partial charge is 0.191 e. The summed E-state index contributed by atoms with van der Waals surface area (Å²) in [5, 5.41) is 0. The fraction of sp³-hybridized carbons (Fsp3) is 0.636. The number of aryl methyl sites for hydroxylation is 1. The van der Waals surface area contributed by atoms with E-state index in [1.165, 1.54) is 0 Å². The minimum atomic E-state index is 0. The first kappa shape index (κ1) is 15.2. The molecule has 1 aromatic rings. The molecule has 1 aromatic heterocycles. The van der Waals surface area contributed by atoms with E-state index in [4.69, 9.17) is 10.5 Å². The largest absolute Gasteiger partial charge is 0.378 e. The van der Waals surface area contributed by atoms with E-state index >= 15 is 0 Å². The van der Waals surface area contributed by atoms with Gasteiger partial charge in [0.2, 0.25) is 0 Å². The van der Waals surface area contributed by atoms with Crippen LogP contribution < -0.4 is 5.73 Å². The van der Waals surface area contributed by atoms with E-state index in [1.54, 1.807) is 6.20 Å². The Morgan fingerprint density at radius 3 is 2.83 bits per heavy atom. The summed E-state index contributed by atoms with van der Waals surface area (Å²) in [6.45, 7) is 6.61. The van der Waals surface area contributed by atoms with Crippen LogP contribution in [-0.4, -0.2) is 53.3 Å². The van der Waals surface area contributed by atoms with Gasteiger partial charge in [0.15, 0.2) is 5.96 Å². The minimum Gasteiger partial charge on any atom is -0.378 e. The van der Waals surface area contributed by atoms with Gasteiger partial charge in [-0.2, -0.15) is 0 Å². The maximum Gasteiger partial charge on any atom is 0.191 e. The van der Waals surface area contributed by atoms with Gasteiger partial charge in [0.05, 0.1) is 19.8 Å². The summed E-state index contributed by atoms with van der Waals surface area (Å²) in [5.74, 6) is 1.62. The highest BCUT2D eigenvalue weighted by atomic mass is 127. The number of morpholine rings is 1. The molecule has 1 aliphatic rings. The second-order valence-corrected chi connectivity index (χ2v) is 4.01. The van der Waals surface area contributed by atoms with Crippen LogP contribution in [0.4, 0.5) is 0 Å². The van der Waals surface area contributed by atoms with E-state index in [-0.39, 0.29) is 24.0 Å². The van der Waals surface area contributed by atoms with Crippen LogP contribution in [0.15, 0.2) is 17.4 Å². The molecule has 0 aliphatic carbocycles. The number of aromatic nitrogens is 2. The first-order chi connectivity index (χ1) is 8.27. The average Bonchev–Trinajstić information content (AvgIpc) is 2.76. The van der Waals surface area contributed by atoms with Crippen LogP contribution in [0.3, 0.4) is 0 Å². The molecule has 2 heterocycles. The summed E-state index contributed by atoms with van der Waals surface area (Å²) in [4.78, 5) is 10.6. The third kappa shape index (κ3) is 4.13. The normalized spacial score (nSPS) is 16.5. The molecule has 0 spiro atoms. The molecule has 0 bridgehead atoms. The Balaban J connectivity index is 0.00000162. The lowest BCUT2D eigenvalue weighted by Gasteiger charge is -2.27. The zero-order chi connectivity index (χ0) is 12.1. The van der Waals surface area contributed by atoms with Crippen molar-refractivity contribution in [2.75, 3.05) is 32.8 Å². The van der Waals surface area contributed by atoms with Crippen molar-refractivity contribution in [2.45, 2.75) is 13.5 Å². The first-order valence-corrected chi connectivity index (χ1v) is 5.88. The summed E-state index contributed by atoms with van der Waals surface area (Å²) in [6, 6.07) is 0. The van der Waals surface area contributed by atoms with Gasteiger partial charge in [-0.1, -0.05) is 0 Å². The van der Waals surface area contributed by atoms with E-state index in [0.717, 1.165) is 38.7 Å². The molecule has 102 valence electrons. The van der Waals surface area contributed by atoms with Crippen molar-refractivity contribution in [3.05, 3.63) is 18.2 Å². The SMILES string of the molecule is Cc1nccn1CCN=C(N)N1CCOCC1.I. The Labute approximate surface area is 124 Å². The molecule has 2 N–H and O–H groups in total. The molecular formula is C11H20IN5O. The molecule has 0 aromatic carbocycles. The predicted octanol–water partition coefficient (Wildman–Crippen LogP) is 0.456. The van der Waals surface area contributed by atoms with Gasteiger partial charge < -0.3 is 19.9 Å². The van der Waals surface area contributed by atoms with E-state index in [9.17, 15) is 0 Å². The van der Waals surface area contributed by atoms with Gasteiger partial charge in [-0.25, -0.2) is 4.98 Å². The van der Waals surface area contributed by atoms with Gasteiger partial charge in [0.25, 0.3) is 0 Å². The Morgan fingerprint density at radius 2 is 2.22 bits per heavy atom. The van der Waals surface area contributed by atoms with Crippen LogP contribution in [0.1, 0.15) is 5.82 Å². The molecule has 0 amide bonds. The Kier molecular flexibility index (Phi) is 6.41. The van der Waals surface area contributed by atoms with Crippen molar-refractivity contribution >= 4 is 29.9 Å². The quantitative estimate of drug-likeness (QED) is 0.480. The lowest BCUT2D eigenvalue weighted by atomic mass is 10.4. The van der Waals surface area contributed by atoms with Gasteiger partial charge in [0.1, 0.15) is 5.82 Å². The van der Waals surface area contributed by atoms with Crippen LogP contribution in [0.25, 0.3) is 0 Å². The van der Waals surface area contributed by atoms with Gasteiger partial charge in [-0.15, -0.1) is 24.0 Å². The Bertz CT molecular complexity index is 387. The number of hydrogen-bond donors (Lipinski definition) is 1. The van der Waals surface area contributed by atoms with Gasteiger partial charge >= 0.3 is 0 Å². The topological polar surface area (TPSA) is 68.7 Å². The van der Waals surface area contributed by atoms with Crippen LogP contribution in [0, 0.1) is 6.92 Å². The van der Waals surface area contributed by atoms with E-state index in [0.29, 0.717) is 12.5 Å². The number of rotatable bonds is 3. The van der Waals surface area contributed by atoms with Crippen LogP contribution in [0.5, 0.6) is 0 Å². The minimum absolute atomic E-state index is 0. The molecule has 6 nitrogen and oxygen atoms in total. The predicted molar refractivity (Wildman–Crippen MR) is 81.3 cm³/mol. The van der Waals surface area contributed by atoms with Crippen LogP contribution in [-0.2, 0) is 11.3 Å². The molecule has 0 radical (unpaired) electrons. The molecule has 0 unspecified atom stereocenters. The number of imidazole rings is 1. The lowest BCUT2D eigenvalue weighted by molar-refractivity contribution is 0.0674. The van der Waals surface area contributed by atoms with E-state index in [1.807, 2.05) is 13.1 Å². The highest BCUT2D eigenvalue weighted by molar-refractivity contribution is 14.0. The molecule has 1 aliphatic heterocycles. The van der Waals surface area contributed by atoms with E-state index < -0.39 is 0 Å². The van der Waals surface area contributed by atoms with Crippen molar-refractivity contribution in [3.8, 4) is 0 Å². The highest BCUT2D eigenvalue weighted by Crippen LogP contribution is 1.97. The van der Waals surface area contributed by atoms with Gasteiger partial charge in [-0.3, -0.25) is 4.99 Å². The number of hydrogen-bond acceptors (Lipinski definition) is 3. The van der Waals surface area contributed by atoms with Crippen molar-refractivity contribution in [1.29, 1.82) is 0 Å². The summed E-state index contributed by atoms with van der Waals surface area (Å²) < 4.78 is 7.33. The van der Waals surface area contributed by atoms with E-state index in [2.05, 4.69) is 19.4 Å². The number of guanidine groups is 1. The van der Waals surface area contributed by atoms with Crippen molar-refractivity contribution in [1.82, 2.24) is 14.5 Å². The number of aliphatic imine (C=N–C) groups is 1. The Morgan fingerprint density at radius 1 is 1.50 bits per heavy atom. The van der Waals surface area contributed by atoms with Gasteiger partial charge in [0, 0.05) is 32.0 Å². The standard InChI is InChI=1S/C11H19N5O.HI/c1-10-13-2-4-15(10)5-3-14-11(12)16-6-8-17-9-7-16;/h2,4H,3,5-9H2,1H3,(H2,12,14);1H. The molecular weight excluding hydrogens is 345 g/mol. The highest BCUT2D eigenvalue weighted by Gasteiger charge is 2.11. The lowest BCUT2D eigenvalue weighted by Crippen LogP contribution is -2.44. The molecule has 1 saturated heterocycles. The van der Waals surface area contributed by atoms with Crippen LogP contribution in [0.2, 0.25) is 0 Å². The summed E-state index contributed by atoms with van der Waals surface area (Å²) >= 11 is 0. The van der Waals surface area contributed by atoms with Crippen molar-refractivity contribution < 1.29 is 4.74 Å². The maximum absolute atomic E-state index is 5.92. The van der Waals surface area contributed by atoms with Crippen molar-refractivity contribution in [2.24, 2.45) is 10.7 Å². The third-order valence-corrected chi connectivity index (χ3v) is 2.87. The summed E-state index contributed by atoms with van der Waals surface area (Å²) in [6.07, 6.45) is 3.75. The van der Waals surface area contributed by atoms with Crippen LogP contribution >= 0.6 is 24.0 Å². The summed E-state index contributed by atoms with van der Waals surface area (Å²) in [7, 11) is 0. The zero-order valence-electron chi connectivity index (χ0n) is 10.6. The molecule has 7 heteroatoms. The second kappa shape index (κ2) is 7.57. The molecule has 0 saturated carbocycles. The fourth-order valence-electron chi connectivity index (χ4n) is 1.80. The molecule has 0 atom stereocenters. The number of ether oxygens (including phenoxy) is 1. The fourth-order valence-corrected chi connectivity index (χ4v) is 1.80. The summed E-state index contributed by atoms with van der Waals surface area (Å²) in [5.41, 5.74) is 5.92. The number of nitrogens with two attached hydrogens (primary N) is 1. The molecule has 1 fully saturated rings. The van der Waals surface area contributed by atoms with Gasteiger partial charge in [-0.05, 0) is 6.92 Å². The maximum atomic E-state index is 5.92.